The van der Waals surface area contributed by atoms with Crippen molar-refractivity contribution in [1.29, 1.82) is 0 Å². The number of anilines is 1. The Morgan fingerprint density at radius 3 is 3.12 bits per heavy atom. The maximum atomic E-state index is 6.30. The fourth-order valence-corrected chi connectivity index (χ4v) is 1.97. The van der Waals surface area contributed by atoms with E-state index in [0.717, 1.165) is 23.3 Å². The fraction of sp³-hybridized carbons (Fsp3) is 0.364. The highest BCUT2D eigenvalue weighted by atomic mass is 35.5. The molecule has 2 aromatic heterocycles. The maximum Gasteiger partial charge on any atom is 0.0898 e. The lowest BCUT2D eigenvalue weighted by Gasteiger charge is -2.09. The molecule has 16 heavy (non-hydrogen) atoms. The minimum Gasteiger partial charge on any atom is -0.383 e. The highest BCUT2D eigenvalue weighted by Crippen LogP contribution is 2.28. The van der Waals surface area contributed by atoms with Crippen LogP contribution in [0.1, 0.15) is 5.56 Å². The number of halogens is 1. The third-order valence-electron chi connectivity index (χ3n) is 2.43. The van der Waals surface area contributed by atoms with E-state index in [1.54, 1.807) is 17.8 Å². The van der Waals surface area contributed by atoms with E-state index >= 15 is 0 Å². The fourth-order valence-electron chi connectivity index (χ4n) is 1.61. The zero-order chi connectivity index (χ0) is 11.5. The van der Waals surface area contributed by atoms with Crippen molar-refractivity contribution in [3.8, 4) is 0 Å². The summed E-state index contributed by atoms with van der Waals surface area (Å²) < 4.78 is 6.75. The lowest BCUT2D eigenvalue weighted by atomic mass is 10.2. The first kappa shape index (κ1) is 11.2. The van der Waals surface area contributed by atoms with Gasteiger partial charge >= 0.3 is 0 Å². The number of nitrogens with one attached hydrogen (secondary N) is 1. The maximum absolute atomic E-state index is 6.30. The first-order valence-electron chi connectivity index (χ1n) is 5.09. The van der Waals surface area contributed by atoms with Gasteiger partial charge in [0, 0.05) is 19.9 Å². The summed E-state index contributed by atoms with van der Waals surface area (Å²) in [6.07, 6.45) is 3.70. The Balaban J connectivity index is 2.32. The number of fused-ring (bicyclic) bond motifs is 1. The van der Waals surface area contributed by atoms with Gasteiger partial charge in [-0.05, 0) is 18.6 Å². The van der Waals surface area contributed by atoms with Crippen molar-refractivity contribution in [2.24, 2.45) is 0 Å². The van der Waals surface area contributed by atoms with Crippen LogP contribution in [0.5, 0.6) is 0 Å². The molecule has 2 aromatic rings. The summed E-state index contributed by atoms with van der Waals surface area (Å²) >= 11 is 6.30. The standard InChI is InChI=1S/C11H14ClN3O/c1-8-7-14-15-5-3-9(10(12)11(8)15)13-4-6-16-2/h3,5,7,13H,4,6H2,1-2H3. The number of ether oxygens (including phenoxy) is 1. The molecule has 0 unspecified atom stereocenters. The minimum atomic E-state index is 0.653. The highest BCUT2D eigenvalue weighted by Gasteiger charge is 2.08. The van der Waals surface area contributed by atoms with Crippen molar-refractivity contribution in [1.82, 2.24) is 9.61 Å². The number of methoxy groups -OCH3 is 1. The molecule has 2 heterocycles. The van der Waals surface area contributed by atoms with E-state index in [4.69, 9.17) is 16.3 Å². The van der Waals surface area contributed by atoms with Gasteiger partial charge in [0.15, 0.2) is 0 Å². The molecule has 4 nitrogen and oxygen atoms in total. The first-order chi connectivity index (χ1) is 7.74. The van der Waals surface area contributed by atoms with E-state index < -0.39 is 0 Å². The van der Waals surface area contributed by atoms with Crippen molar-refractivity contribution in [2.75, 3.05) is 25.6 Å². The van der Waals surface area contributed by atoms with Gasteiger partial charge in [-0.15, -0.1) is 0 Å². The molecule has 2 rings (SSSR count). The second-order valence-electron chi connectivity index (χ2n) is 3.58. The summed E-state index contributed by atoms with van der Waals surface area (Å²) in [5, 5.41) is 8.12. The number of hydrogen-bond acceptors (Lipinski definition) is 3. The van der Waals surface area contributed by atoms with Crippen molar-refractivity contribution in [3.05, 3.63) is 29.0 Å². The SMILES string of the molecule is COCCNc1ccn2ncc(C)c2c1Cl. The second-order valence-corrected chi connectivity index (χ2v) is 3.96. The predicted octanol–water partition coefficient (Wildman–Crippen LogP) is 2.35. The topological polar surface area (TPSA) is 38.6 Å². The lowest BCUT2D eigenvalue weighted by molar-refractivity contribution is 0.211. The quantitative estimate of drug-likeness (QED) is 0.833. The molecule has 1 N–H and O–H groups in total. The van der Waals surface area contributed by atoms with Gasteiger partial charge in [0.1, 0.15) is 0 Å². The predicted molar refractivity (Wildman–Crippen MR) is 65.3 cm³/mol. The molecule has 0 bridgehead atoms. The number of pyridine rings is 1. The van der Waals surface area contributed by atoms with Gasteiger partial charge in [0.2, 0.25) is 0 Å². The highest BCUT2D eigenvalue weighted by molar-refractivity contribution is 6.36. The van der Waals surface area contributed by atoms with E-state index in [0.29, 0.717) is 11.6 Å². The van der Waals surface area contributed by atoms with Gasteiger partial charge in [0.05, 0.1) is 29.0 Å². The van der Waals surface area contributed by atoms with Gasteiger partial charge in [-0.1, -0.05) is 11.6 Å². The van der Waals surface area contributed by atoms with Crippen LogP contribution in [0.4, 0.5) is 5.69 Å². The summed E-state index contributed by atoms with van der Waals surface area (Å²) in [7, 11) is 1.67. The molecule has 0 radical (unpaired) electrons. The third kappa shape index (κ3) is 1.99. The van der Waals surface area contributed by atoms with Crippen molar-refractivity contribution < 1.29 is 4.74 Å². The van der Waals surface area contributed by atoms with Gasteiger partial charge in [-0.3, -0.25) is 0 Å². The molecule has 0 saturated carbocycles. The molecule has 0 amide bonds. The molecule has 86 valence electrons. The van der Waals surface area contributed by atoms with Crippen LogP contribution in [-0.2, 0) is 4.74 Å². The molecular weight excluding hydrogens is 226 g/mol. The van der Waals surface area contributed by atoms with Gasteiger partial charge in [0.25, 0.3) is 0 Å². The smallest absolute Gasteiger partial charge is 0.0898 e. The summed E-state index contributed by atoms with van der Waals surface area (Å²) in [6.45, 7) is 3.38. The van der Waals surface area contributed by atoms with Gasteiger partial charge < -0.3 is 10.1 Å². The van der Waals surface area contributed by atoms with E-state index in [-0.39, 0.29) is 0 Å². The number of aromatic nitrogens is 2. The van der Waals surface area contributed by atoms with Crippen LogP contribution in [0, 0.1) is 6.92 Å². The van der Waals surface area contributed by atoms with E-state index in [1.807, 2.05) is 19.2 Å². The number of hydrogen-bond donors (Lipinski definition) is 1. The van der Waals surface area contributed by atoms with Crippen LogP contribution in [0.3, 0.4) is 0 Å². The van der Waals surface area contributed by atoms with Crippen LogP contribution in [0.15, 0.2) is 18.5 Å². The van der Waals surface area contributed by atoms with Crippen LogP contribution >= 0.6 is 11.6 Å². The molecule has 0 aliphatic rings. The normalized spacial score (nSPS) is 10.9. The molecule has 0 aromatic carbocycles. The lowest BCUT2D eigenvalue weighted by Crippen LogP contribution is -2.08. The molecule has 5 heteroatoms. The second kappa shape index (κ2) is 4.72. The van der Waals surface area contributed by atoms with Crippen molar-refractivity contribution in [2.45, 2.75) is 6.92 Å². The van der Waals surface area contributed by atoms with Crippen LogP contribution < -0.4 is 5.32 Å². The third-order valence-corrected chi connectivity index (χ3v) is 2.81. The van der Waals surface area contributed by atoms with Crippen LogP contribution in [0.2, 0.25) is 5.02 Å². The van der Waals surface area contributed by atoms with Crippen molar-refractivity contribution >= 4 is 22.8 Å². The molecule has 0 saturated heterocycles. The van der Waals surface area contributed by atoms with Gasteiger partial charge in [-0.25, -0.2) is 4.52 Å². The first-order valence-corrected chi connectivity index (χ1v) is 5.47. The zero-order valence-corrected chi connectivity index (χ0v) is 10.1. The zero-order valence-electron chi connectivity index (χ0n) is 9.33. The summed E-state index contributed by atoms with van der Waals surface area (Å²) in [4.78, 5) is 0. The molecular formula is C11H14ClN3O. The Morgan fingerprint density at radius 1 is 1.56 bits per heavy atom. The Kier molecular flexibility index (Phi) is 3.31. The number of nitrogens with zero attached hydrogens (tertiary/aromatic N) is 2. The molecule has 0 spiro atoms. The van der Waals surface area contributed by atoms with E-state index in [2.05, 4.69) is 10.4 Å². The van der Waals surface area contributed by atoms with Gasteiger partial charge in [-0.2, -0.15) is 5.10 Å². The summed E-state index contributed by atoms with van der Waals surface area (Å²) in [6, 6.07) is 1.91. The Hall–Kier alpha value is -1.26. The number of rotatable bonds is 4. The average Bonchev–Trinajstić information content (AvgIpc) is 2.65. The monoisotopic (exact) mass is 239 g/mol. The Bertz CT molecular complexity index is 495. The molecule has 0 atom stereocenters. The molecule has 0 fully saturated rings. The Labute approximate surface area is 99.2 Å². The Morgan fingerprint density at radius 2 is 2.38 bits per heavy atom. The largest absolute Gasteiger partial charge is 0.383 e. The van der Waals surface area contributed by atoms with Crippen molar-refractivity contribution in [3.63, 3.8) is 0 Å². The minimum absolute atomic E-state index is 0.653. The average molecular weight is 240 g/mol. The van der Waals surface area contributed by atoms with E-state index in [9.17, 15) is 0 Å². The molecule has 0 aliphatic carbocycles. The summed E-state index contributed by atoms with van der Waals surface area (Å²) in [5.74, 6) is 0. The summed E-state index contributed by atoms with van der Waals surface area (Å²) in [5.41, 5.74) is 2.93. The molecule has 0 aliphatic heterocycles. The van der Waals surface area contributed by atoms with E-state index in [1.165, 1.54) is 0 Å². The number of aryl methyl sites for hydroxylation is 1. The van der Waals surface area contributed by atoms with Crippen LogP contribution in [0.25, 0.3) is 5.52 Å². The van der Waals surface area contributed by atoms with Crippen LogP contribution in [-0.4, -0.2) is 29.9 Å².